The van der Waals surface area contributed by atoms with Crippen molar-refractivity contribution >= 4 is 23.3 Å². The van der Waals surface area contributed by atoms with Crippen LogP contribution in [0.25, 0.3) is 0 Å². The Morgan fingerprint density at radius 2 is 2.22 bits per heavy atom. The molecule has 1 aliphatic carbocycles. The minimum absolute atomic E-state index is 0.0629. The molecule has 0 amide bonds. The van der Waals surface area contributed by atoms with Gasteiger partial charge in [0.2, 0.25) is 0 Å². The van der Waals surface area contributed by atoms with Crippen LogP contribution >= 0.6 is 11.6 Å². The van der Waals surface area contributed by atoms with Crippen LogP contribution in [-0.2, 0) is 14.4 Å². The number of carbonyl (C=O) groups excluding carboxylic acids is 1. The molecule has 0 aromatic rings. The van der Waals surface area contributed by atoms with Crippen molar-refractivity contribution in [1.82, 2.24) is 0 Å². The second-order valence-electron chi connectivity index (χ2n) is 6.30. The molecule has 0 saturated heterocycles. The Balaban J connectivity index is 2.16. The molecular formula is C17H24ClNO4. The third-order valence-electron chi connectivity index (χ3n) is 4.54. The molecular weight excluding hydrogens is 318 g/mol. The number of rotatable bonds is 5. The van der Waals surface area contributed by atoms with E-state index in [9.17, 15) is 9.90 Å². The molecule has 1 heterocycles. The van der Waals surface area contributed by atoms with E-state index in [0.29, 0.717) is 24.5 Å². The van der Waals surface area contributed by atoms with Crippen LogP contribution < -0.4 is 0 Å². The van der Waals surface area contributed by atoms with Crippen molar-refractivity contribution in [3.05, 3.63) is 22.9 Å². The molecule has 1 aliphatic heterocycles. The fourth-order valence-electron chi connectivity index (χ4n) is 3.13. The number of ether oxygens (including phenoxy) is 1. The highest BCUT2D eigenvalue weighted by atomic mass is 35.5. The van der Waals surface area contributed by atoms with Gasteiger partial charge in [-0.3, -0.25) is 0 Å². The van der Waals surface area contributed by atoms with E-state index in [0.717, 1.165) is 25.7 Å². The lowest BCUT2D eigenvalue weighted by Crippen LogP contribution is -2.44. The van der Waals surface area contributed by atoms with E-state index < -0.39 is 11.6 Å². The Morgan fingerprint density at radius 1 is 1.52 bits per heavy atom. The summed E-state index contributed by atoms with van der Waals surface area (Å²) < 4.78 is 5.73. The normalized spacial score (nSPS) is 29.3. The Labute approximate surface area is 142 Å². The van der Waals surface area contributed by atoms with Crippen molar-refractivity contribution < 1.29 is 19.5 Å². The quantitative estimate of drug-likeness (QED) is 0.351. The third kappa shape index (κ3) is 4.28. The number of carbonyl (C=O) groups is 1. The number of esters is 1. The average molecular weight is 342 g/mol. The maximum absolute atomic E-state index is 12.4. The Hall–Kier alpha value is -1.49. The standard InChI is InChI=1S/C17H24ClNO4/c1-3-13(19-22-10-4-9-18)15-14(20)11-17(23-16(15)21)7-5-12(2)6-8-17/h4,9,12,20H,3,5-8,10-11H2,1-2H3/b9-4+,19-13+. The van der Waals surface area contributed by atoms with Crippen LogP contribution in [-0.4, -0.2) is 29.0 Å². The molecule has 0 bridgehead atoms. The first kappa shape index (κ1) is 17.9. The van der Waals surface area contributed by atoms with Crippen LogP contribution in [0.4, 0.5) is 0 Å². The van der Waals surface area contributed by atoms with Crippen LogP contribution in [0.15, 0.2) is 28.1 Å². The summed E-state index contributed by atoms with van der Waals surface area (Å²) in [5.41, 5.74) is 1.33. The number of hydrogen-bond acceptors (Lipinski definition) is 5. The van der Waals surface area contributed by atoms with Gasteiger partial charge in [0.25, 0.3) is 0 Å². The molecule has 128 valence electrons. The number of hydrogen-bond donors (Lipinski definition) is 1. The van der Waals surface area contributed by atoms with Crippen LogP contribution in [0.3, 0.4) is 0 Å². The zero-order valence-corrected chi connectivity index (χ0v) is 14.4. The van der Waals surface area contributed by atoms with E-state index in [1.54, 1.807) is 6.08 Å². The molecule has 0 atom stereocenters. The largest absolute Gasteiger partial charge is 0.511 e. The summed E-state index contributed by atoms with van der Waals surface area (Å²) in [6.45, 7) is 4.25. The SMILES string of the molecule is CC/C(=N\OC/C=C/Cl)C1=C(O)CC2(CCC(C)CC2)OC1=O. The molecule has 2 rings (SSSR count). The Morgan fingerprint density at radius 3 is 2.78 bits per heavy atom. The molecule has 5 nitrogen and oxygen atoms in total. The molecule has 1 fully saturated rings. The zero-order valence-electron chi connectivity index (χ0n) is 13.7. The lowest BCUT2D eigenvalue weighted by molar-refractivity contribution is -0.162. The minimum atomic E-state index is -0.543. The van der Waals surface area contributed by atoms with Crippen molar-refractivity contribution in [2.75, 3.05) is 6.61 Å². The Bertz CT molecular complexity index is 531. The second-order valence-corrected chi connectivity index (χ2v) is 6.55. The smallest absolute Gasteiger partial charge is 0.344 e. The number of nitrogens with zero attached hydrogens (tertiary/aromatic N) is 1. The fourth-order valence-corrected chi connectivity index (χ4v) is 3.20. The van der Waals surface area contributed by atoms with Gasteiger partial charge in [0.05, 0.1) is 5.71 Å². The molecule has 0 radical (unpaired) electrons. The molecule has 23 heavy (non-hydrogen) atoms. The van der Waals surface area contributed by atoms with Gasteiger partial charge in [0, 0.05) is 12.0 Å². The van der Waals surface area contributed by atoms with E-state index in [-0.39, 0.29) is 17.9 Å². The van der Waals surface area contributed by atoms with Crippen molar-refractivity contribution in [2.45, 2.75) is 58.0 Å². The predicted octanol–water partition coefficient (Wildman–Crippen LogP) is 4.23. The second kappa shape index (κ2) is 7.86. The molecule has 1 spiro atoms. The lowest BCUT2D eigenvalue weighted by atomic mass is 9.75. The van der Waals surface area contributed by atoms with Gasteiger partial charge in [-0.1, -0.05) is 30.6 Å². The highest BCUT2D eigenvalue weighted by Crippen LogP contribution is 2.42. The molecule has 0 aromatic carbocycles. The lowest BCUT2D eigenvalue weighted by Gasteiger charge is -2.41. The molecule has 6 heteroatoms. The first-order chi connectivity index (χ1) is 11.0. The molecule has 0 unspecified atom stereocenters. The number of aliphatic hydroxyl groups excluding tert-OH is 1. The van der Waals surface area contributed by atoms with Crippen molar-refractivity contribution in [3.63, 3.8) is 0 Å². The summed E-state index contributed by atoms with van der Waals surface area (Å²) in [4.78, 5) is 17.5. The number of oxime groups is 1. The first-order valence-corrected chi connectivity index (χ1v) is 8.55. The zero-order chi connectivity index (χ0) is 16.9. The van der Waals surface area contributed by atoms with Gasteiger partial charge in [0.1, 0.15) is 23.5 Å². The van der Waals surface area contributed by atoms with E-state index >= 15 is 0 Å². The third-order valence-corrected chi connectivity index (χ3v) is 4.71. The summed E-state index contributed by atoms with van der Waals surface area (Å²) in [6, 6.07) is 0. The number of halogens is 1. The Kier molecular flexibility index (Phi) is 6.10. The monoisotopic (exact) mass is 341 g/mol. The molecule has 1 saturated carbocycles. The van der Waals surface area contributed by atoms with E-state index in [1.165, 1.54) is 5.54 Å². The number of aliphatic hydroxyl groups is 1. The average Bonchev–Trinajstić information content (AvgIpc) is 2.52. The summed E-state index contributed by atoms with van der Waals surface area (Å²) in [5, 5.41) is 14.4. The maximum Gasteiger partial charge on any atom is 0.344 e. The highest BCUT2D eigenvalue weighted by Gasteiger charge is 2.44. The predicted molar refractivity (Wildman–Crippen MR) is 89.4 cm³/mol. The van der Waals surface area contributed by atoms with Gasteiger partial charge in [-0.15, -0.1) is 0 Å². The minimum Gasteiger partial charge on any atom is -0.511 e. The molecule has 0 aromatic heterocycles. The fraction of sp³-hybridized carbons (Fsp3) is 0.647. The highest BCUT2D eigenvalue weighted by molar-refractivity contribution is 6.25. The van der Waals surface area contributed by atoms with Gasteiger partial charge < -0.3 is 14.7 Å². The van der Waals surface area contributed by atoms with Gasteiger partial charge in [-0.05, 0) is 44.1 Å². The van der Waals surface area contributed by atoms with Crippen LogP contribution in [0, 0.1) is 5.92 Å². The van der Waals surface area contributed by atoms with Gasteiger partial charge in [-0.2, -0.15) is 0 Å². The van der Waals surface area contributed by atoms with Crippen LogP contribution in [0.5, 0.6) is 0 Å². The van der Waals surface area contributed by atoms with Gasteiger partial charge >= 0.3 is 5.97 Å². The van der Waals surface area contributed by atoms with E-state index in [2.05, 4.69) is 12.1 Å². The van der Waals surface area contributed by atoms with Gasteiger partial charge in [0.15, 0.2) is 0 Å². The van der Waals surface area contributed by atoms with Crippen LogP contribution in [0.2, 0.25) is 0 Å². The van der Waals surface area contributed by atoms with Crippen molar-refractivity contribution in [2.24, 2.45) is 11.1 Å². The summed E-state index contributed by atoms with van der Waals surface area (Å²) in [7, 11) is 0. The van der Waals surface area contributed by atoms with Crippen molar-refractivity contribution in [1.29, 1.82) is 0 Å². The summed E-state index contributed by atoms with van der Waals surface area (Å²) in [6.07, 6.45) is 6.03. The first-order valence-electron chi connectivity index (χ1n) is 8.11. The summed E-state index contributed by atoms with van der Waals surface area (Å²) in [5.74, 6) is 0.205. The molecule has 2 aliphatic rings. The topological polar surface area (TPSA) is 68.1 Å². The van der Waals surface area contributed by atoms with E-state index in [1.807, 2.05) is 6.92 Å². The molecule has 1 N–H and O–H groups in total. The van der Waals surface area contributed by atoms with E-state index in [4.69, 9.17) is 21.2 Å². The maximum atomic E-state index is 12.4. The van der Waals surface area contributed by atoms with Gasteiger partial charge in [-0.25, -0.2) is 4.79 Å². The summed E-state index contributed by atoms with van der Waals surface area (Å²) >= 11 is 5.41. The van der Waals surface area contributed by atoms with Crippen LogP contribution in [0.1, 0.15) is 52.4 Å². The van der Waals surface area contributed by atoms with Crippen molar-refractivity contribution in [3.8, 4) is 0 Å².